The predicted octanol–water partition coefficient (Wildman–Crippen LogP) is 17.2. The fraction of sp³-hybridized carbons (Fsp3) is 0.702. The van der Waals surface area contributed by atoms with Gasteiger partial charge in [-0.3, -0.25) is 14.4 Å². The Morgan fingerprint density at radius 3 is 1.02 bits per heavy atom. The van der Waals surface area contributed by atoms with E-state index in [0.717, 1.165) is 96.3 Å². The quantitative estimate of drug-likeness (QED) is 0.0262. The molecule has 1 atom stereocenters. The first-order chi connectivity index (χ1) is 31.0. The van der Waals surface area contributed by atoms with Gasteiger partial charge in [0.1, 0.15) is 13.2 Å². The summed E-state index contributed by atoms with van der Waals surface area (Å²) < 4.78 is 16.7. The van der Waals surface area contributed by atoms with Crippen LogP contribution in [0.4, 0.5) is 0 Å². The van der Waals surface area contributed by atoms with Crippen LogP contribution >= 0.6 is 0 Å². The zero-order valence-electron chi connectivity index (χ0n) is 41.1. The summed E-state index contributed by atoms with van der Waals surface area (Å²) in [5.74, 6) is -0.953. The summed E-state index contributed by atoms with van der Waals surface area (Å²) in [4.78, 5) is 37.8. The van der Waals surface area contributed by atoms with E-state index in [1.807, 2.05) is 0 Å². The van der Waals surface area contributed by atoms with E-state index in [0.29, 0.717) is 19.3 Å². The molecule has 0 aromatic carbocycles. The van der Waals surface area contributed by atoms with E-state index in [1.54, 1.807) is 0 Å². The highest BCUT2D eigenvalue weighted by molar-refractivity contribution is 5.71. The van der Waals surface area contributed by atoms with Crippen molar-refractivity contribution in [3.05, 3.63) is 85.1 Å². The van der Waals surface area contributed by atoms with Crippen LogP contribution in [0.25, 0.3) is 0 Å². The van der Waals surface area contributed by atoms with Crippen LogP contribution in [0.3, 0.4) is 0 Å². The summed E-state index contributed by atoms with van der Waals surface area (Å²) in [5, 5.41) is 0. The molecule has 360 valence electrons. The predicted molar refractivity (Wildman–Crippen MR) is 270 cm³/mol. The summed E-state index contributed by atoms with van der Waals surface area (Å²) >= 11 is 0. The van der Waals surface area contributed by atoms with Gasteiger partial charge in [-0.2, -0.15) is 0 Å². The van der Waals surface area contributed by atoms with Crippen LogP contribution in [0.1, 0.15) is 239 Å². The lowest BCUT2D eigenvalue weighted by atomic mass is 10.1. The third-order valence-corrected chi connectivity index (χ3v) is 10.9. The molecule has 0 aliphatic carbocycles. The van der Waals surface area contributed by atoms with E-state index in [4.69, 9.17) is 14.2 Å². The van der Waals surface area contributed by atoms with E-state index in [2.05, 4.69) is 106 Å². The standard InChI is InChI=1S/C57H96O6/c1-4-7-10-13-16-18-20-22-24-26-28-29-30-32-33-35-37-39-41-44-47-50-56(59)62-53-54(52-61-55(58)49-46-43-15-12-9-6-3)63-57(60)51-48-45-42-40-38-36-34-31-27-25-23-21-19-17-14-11-8-5-2/h7,10,16,18,22,24-25,27-29,32-33,37,39,54H,4-6,8-9,11-15,17,19-21,23,26,30-31,34-36,38,40-53H2,1-3H3/b10-7-,18-16-,24-22-,27-25-,29-28-,33-32-,39-37-. The molecule has 1 unspecified atom stereocenters. The van der Waals surface area contributed by atoms with Crippen molar-refractivity contribution in [3.63, 3.8) is 0 Å². The van der Waals surface area contributed by atoms with Gasteiger partial charge >= 0.3 is 17.9 Å². The van der Waals surface area contributed by atoms with Gasteiger partial charge in [0.2, 0.25) is 0 Å². The van der Waals surface area contributed by atoms with Gasteiger partial charge in [0.15, 0.2) is 6.10 Å². The van der Waals surface area contributed by atoms with E-state index < -0.39 is 6.10 Å². The largest absolute Gasteiger partial charge is 0.462 e. The lowest BCUT2D eigenvalue weighted by Crippen LogP contribution is -2.30. The zero-order chi connectivity index (χ0) is 45.8. The van der Waals surface area contributed by atoms with Crippen molar-refractivity contribution >= 4 is 17.9 Å². The van der Waals surface area contributed by atoms with Gasteiger partial charge in [0.25, 0.3) is 0 Å². The van der Waals surface area contributed by atoms with E-state index in [9.17, 15) is 14.4 Å². The topological polar surface area (TPSA) is 78.9 Å². The van der Waals surface area contributed by atoms with E-state index >= 15 is 0 Å². The Morgan fingerprint density at radius 2 is 0.619 bits per heavy atom. The molecule has 0 heterocycles. The Morgan fingerprint density at radius 1 is 0.333 bits per heavy atom. The number of ether oxygens (including phenoxy) is 3. The summed E-state index contributed by atoms with van der Waals surface area (Å²) in [5.41, 5.74) is 0. The minimum atomic E-state index is -0.793. The van der Waals surface area contributed by atoms with Crippen LogP contribution in [0.15, 0.2) is 85.1 Å². The lowest BCUT2D eigenvalue weighted by Gasteiger charge is -2.18. The normalized spacial score (nSPS) is 12.7. The highest BCUT2D eigenvalue weighted by Gasteiger charge is 2.19. The van der Waals surface area contributed by atoms with Crippen LogP contribution in [-0.4, -0.2) is 37.2 Å². The third-order valence-electron chi connectivity index (χ3n) is 10.9. The van der Waals surface area contributed by atoms with Crippen LogP contribution in [0, 0.1) is 0 Å². The van der Waals surface area contributed by atoms with E-state index in [-0.39, 0.29) is 31.1 Å². The van der Waals surface area contributed by atoms with Crippen molar-refractivity contribution in [2.75, 3.05) is 13.2 Å². The number of carbonyl (C=O) groups is 3. The third kappa shape index (κ3) is 49.5. The van der Waals surface area contributed by atoms with Crippen molar-refractivity contribution < 1.29 is 28.6 Å². The van der Waals surface area contributed by atoms with Gasteiger partial charge in [0.05, 0.1) is 0 Å². The Balaban J connectivity index is 4.31. The first kappa shape index (κ1) is 59.6. The SMILES string of the molecule is CC/C=C\C/C=C\C/C=C\C/C=C\C/C=C\C/C=C\CCCCC(=O)OCC(COC(=O)CCCCCCCC)OC(=O)CCCCCCCCC/C=C\CCCCCCCCC. The molecule has 6 heteroatoms. The first-order valence-corrected chi connectivity index (χ1v) is 26.1. The molecule has 0 saturated heterocycles. The van der Waals surface area contributed by atoms with Crippen molar-refractivity contribution in [1.82, 2.24) is 0 Å². The fourth-order valence-corrected chi connectivity index (χ4v) is 6.97. The van der Waals surface area contributed by atoms with Crippen molar-refractivity contribution in [3.8, 4) is 0 Å². The molecule has 0 aromatic rings. The van der Waals surface area contributed by atoms with Crippen LogP contribution in [-0.2, 0) is 28.6 Å². The van der Waals surface area contributed by atoms with Gasteiger partial charge in [-0.15, -0.1) is 0 Å². The molecule has 0 rings (SSSR count). The average Bonchev–Trinajstić information content (AvgIpc) is 3.28. The Kier molecular flexibility index (Phi) is 48.5. The minimum absolute atomic E-state index is 0.0926. The number of hydrogen-bond acceptors (Lipinski definition) is 6. The van der Waals surface area contributed by atoms with Crippen LogP contribution in [0.2, 0.25) is 0 Å². The van der Waals surface area contributed by atoms with Gasteiger partial charge in [-0.25, -0.2) is 0 Å². The van der Waals surface area contributed by atoms with Crippen LogP contribution in [0.5, 0.6) is 0 Å². The second-order valence-electron chi connectivity index (χ2n) is 17.1. The van der Waals surface area contributed by atoms with Gasteiger partial charge < -0.3 is 14.2 Å². The Hall–Kier alpha value is -3.41. The van der Waals surface area contributed by atoms with Crippen molar-refractivity contribution in [1.29, 1.82) is 0 Å². The number of allylic oxidation sites excluding steroid dienone is 14. The first-order valence-electron chi connectivity index (χ1n) is 26.1. The van der Waals surface area contributed by atoms with Crippen LogP contribution < -0.4 is 0 Å². The maximum absolute atomic E-state index is 12.8. The maximum atomic E-state index is 12.8. The summed E-state index contributed by atoms with van der Waals surface area (Å²) in [7, 11) is 0. The minimum Gasteiger partial charge on any atom is -0.462 e. The van der Waals surface area contributed by atoms with Gasteiger partial charge in [0, 0.05) is 19.3 Å². The van der Waals surface area contributed by atoms with Gasteiger partial charge in [-0.1, -0.05) is 209 Å². The van der Waals surface area contributed by atoms with Crippen molar-refractivity contribution in [2.45, 2.75) is 245 Å². The molecule has 63 heavy (non-hydrogen) atoms. The average molecular weight is 877 g/mol. The molecule has 0 fully saturated rings. The molecule has 0 saturated carbocycles. The summed E-state index contributed by atoms with van der Waals surface area (Å²) in [6.45, 7) is 6.42. The molecule has 0 bridgehead atoms. The Labute approximate surface area is 388 Å². The molecule has 0 radical (unpaired) electrons. The second kappa shape index (κ2) is 51.2. The van der Waals surface area contributed by atoms with Crippen molar-refractivity contribution in [2.24, 2.45) is 0 Å². The monoisotopic (exact) mass is 877 g/mol. The zero-order valence-corrected chi connectivity index (χ0v) is 41.1. The fourth-order valence-electron chi connectivity index (χ4n) is 6.97. The highest BCUT2D eigenvalue weighted by Crippen LogP contribution is 2.14. The van der Waals surface area contributed by atoms with E-state index in [1.165, 1.54) is 103 Å². The molecule has 0 aromatic heterocycles. The molecule has 6 nitrogen and oxygen atoms in total. The maximum Gasteiger partial charge on any atom is 0.306 e. The number of rotatable bonds is 46. The molecule has 0 N–H and O–H groups in total. The number of hydrogen-bond donors (Lipinski definition) is 0. The number of unbranched alkanes of at least 4 members (excludes halogenated alkanes) is 21. The molecular weight excluding hydrogens is 781 g/mol. The highest BCUT2D eigenvalue weighted by atomic mass is 16.6. The molecule has 0 aliphatic rings. The van der Waals surface area contributed by atoms with Gasteiger partial charge in [-0.05, 0) is 96.3 Å². The number of esters is 3. The smallest absolute Gasteiger partial charge is 0.306 e. The molecular formula is C57H96O6. The summed E-state index contributed by atoms with van der Waals surface area (Å²) in [6, 6.07) is 0. The molecule has 0 aliphatic heterocycles. The second-order valence-corrected chi connectivity index (χ2v) is 17.1. The molecule has 0 spiro atoms. The number of carbonyl (C=O) groups excluding carboxylic acids is 3. The Bertz CT molecular complexity index is 1240. The summed E-state index contributed by atoms with van der Waals surface area (Å²) in [6.07, 6.45) is 65.9. The molecule has 0 amide bonds. The lowest BCUT2D eigenvalue weighted by molar-refractivity contribution is -0.167.